The number of ether oxygens (including phenoxy) is 2. The highest BCUT2D eigenvalue weighted by Gasteiger charge is 2.19. The van der Waals surface area contributed by atoms with Crippen molar-refractivity contribution in [2.45, 2.75) is 0 Å². The lowest BCUT2D eigenvalue weighted by Gasteiger charge is -2.26. The molecule has 35 heavy (non-hydrogen) atoms. The number of carbonyl (C=O) groups is 1. The Bertz CT molecular complexity index is 1140. The highest BCUT2D eigenvalue weighted by atomic mass is 35.5. The third kappa shape index (κ3) is 7.18. The molecule has 13 heteroatoms. The minimum absolute atomic E-state index is 0. The second kappa shape index (κ2) is 13.1. The number of halogens is 4. The first-order chi connectivity index (χ1) is 16.0. The Hall–Kier alpha value is -3.12. The minimum atomic E-state index is -0.768. The van der Waals surface area contributed by atoms with Crippen LogP contribution in [0.15, 0.2) is 42.9 Å². The first-order valence-electron chi connectivity index (χ1n) is 10.3. The third-order valence-electron chi connectivity index (χ3n) is 5.00. The topological polar surface area (TPSA) is 115 Å². The van der Waals surface area contributed by atoms with Crippen LogP contribution < -0.4 is 15.8 Å². The number of hydrogen-bond acceptors (Lipinski definition) is 8. The highest BCUT2D eigenvalue weighted by Crippen LogP contribution is 2.28. The maximum atomic E-state index is 14.8. The SMILES string of the molecule is Cl.Cl.Nc1ncc(-c2cc(F)c(OCCN3CCOCC3)cc2F)nc1C(=O)Nc1cccnc1. The van der Waals surface area contributed by atoms with Gasteiger partial charge >= 0.3 is 0 Å². The molecule has 2 aromatic heterocycles. The van der Waals surface area contributed by atoms with Crippen molar-refractivity contribution in [3.8, 4) is 17.0 Å². The molecule has 9 nitrogen and oxygen atoms in total. The van der Waals surface area contributed by atoms with E-state index >= 15 is 0 Å². The summed E-state index contributed by atoms with van der Waals surface area (Å²) in [6, 6.07) is 5.19. The first kappa shape index (κ1) is 28.1. The second-order valence-electron chi connectivity index (χ2n) is 7.25. The third-order valence-corrected chi connectivity index (χ3v) is 5.00. The lowest BCUT2D eigenvalue weighted by Crippen LogP contribution is -2.38. The number of anilines is 2. The van der Waals surface area contributed by atoms with Crippen LogP contribution in [0.4, 0.5) is 20.3 Å². The van der Waals surface area contributed by atoms with Gasteiger partial charge in [0, 0.05) is 37.5 Å². The van der Waals surface area contributed by atoms with Gasteiger partial charge in [-0.05, 0) is 18.2 Å². The number of carbonyl (C=O) groups excluding carboxylic acids is 1. The summed E-state index contributed by atoms with van der Waals surface area (Å²) in [4.78, 5) is 26.6. The van der Waals surface area contributed by atoms with Gasteiger partial charge in [0.1, 0.15) is 12.4 Å². The molecule has 1 amide bonds. The molecule has 188 valence electrons. The number of hydrogen-bond donors (Lipinski definition) is 2. The van der Waals surface area contributed by atoms with Crippen LogP contribution in [0.1, 0.15) is 10.5 Å². The Morgan fingerprint density at radius 3 is 2.66 bits per heavy atom. The monoisotopic (exact) mass is 528 g/mol. The van der Waals surface area contributed by atoms with Crippen LogP contribution in [0.3, 0.4) is 0 Å². The average molecular weight is 529 g/mol. The molecule has 3 aromatic rings. The van der Waals surface area contributed by atoms with E-state index in [1.807, 2.05) is 0 Å². The summed E-state index contributed by atoms with van der Waals surface area (Å²) in [5.41, 5.74) is 5.77. The Morgan fingerprint density at radius 2 is 1.94 bits per heavy atom. The fourth-order valence-corrected chi connectivity index (χ4v) is 3.27. The van der Waals surface area contributed by atoms with E-state index in [4.69, 9.17) is 15.2 Å². The van der Waals surface area contributed by atoms with Crippen molar-refractivity contribution < 1.29 is 23.0 Å². The van der Waals surface area contributed by atoms with Crippen LogP contribution in [-0.4, -0.2) is 65.2 Å². The van der Waals surface area contributed by atoms with Gasteiger partial charge in [0.25, 0.3) is 5.91 Å². The first-order valence-corrected chi connectivity index (χ1v) is 10.3. The molecule has 4 rings (SSSR count). The molecule has 1 aromatic carbocycles. The molecule has 0 unspecified atom stereocenters. The van der Waals surface area contributed by atoms with E-state index in [1.54, 1.807) is 18.3 Å². The number of nitrogens with zero attached hydrogens (tertiary/aromatic N) is 4. The standard InChI is InChI=1S/C22H22F2N6O3.2ClH/c23-16-11-19(33-9-6-30-4-7-32-8-5-30)17(24)10-15(16)18-13-27-21(25)20(29-18)22(31)28-14-2-1-3-26-12-14;;/h1-3,10-13H,4-9H2,(H2,25,27)(H,28,31);2*1H. The van der Waals surface area contributed by atoms with Gasteiger partial charge in [-0.15, -0.1) is 24.8 Å². The normalized spacial score (nSPS) is 13.3. The zero-order valence-corrected chi connectivity index (χ0v) is 20.1. The van der Waals surface area contributed by atoms with Crippen molar-refractivity contribution in [1.29, 1.82) is 0 Å². The fourth-order valence-electron chi connectivity index (χ4n) is 3.27. The zero-order chi connectivity index (χ0) is 23.2. The molecule has 1 fully saturated rings. The Morgan fingerprint density at radius 1 is 1.17 bits per heavy atom. The largest absolute Gasteiger partial charge is 0.489 e. The zero-order valence-electron chi connectivity index (χ0n) is 18.4. The quantitative estimate of drug-likeness (QED) is 0.480. The number of morpholine rings is 1. The number of amides is 1. The number of aromatic nitrogens is 3. The lowest BCUT2D eigenvalue weighted by atomic mass is 10.1. The summed E-state index contributed by atoms with van der Waals surface area (Å²) in [6.07, 6.45) is 4.17. The molecule has 1 aliphatic heterocycles. The fraction of sp³-hybridized carbons (Fsp3) is 0.273. The molecule has 0 spiro atoms. The van der Waals surface area contributed by atoms with E-state index in [9.17, 15) is 13.6 Å². The number of rotatable bonds is 7. The average Bonchev–Trinajstić information content (AvgIpc) is 2.83. The number of nitrogen functional groups attached to an aromatic ring is 1. The predicted molar refractivity (Wildman–Crippen MR) is 131 cm³/mol. The molecule has 3 N–H and O–H groups in total. The summed E-state index contributed by atoms with van der Waals surface area (Å²) in [5, 5.41) is 2.58. The Kier molecular flexibility index (Phi) is 10.5. The van der Waals surface area contributed by atoms with Gasteiger partial charge in [-0.2, -0.15) is 0 Å². The summed E-state index contributed by atoms with van der Waals surface area (Å²) in [5.74, 6) is -2.53. The molecule has 0 bridgehead atoms. The number of pyridine rings is 1. The van der Waals surface area contributed by atoms with Gasteiger partial charge in [0.15, 0.2) is 23.1 Å². The van der Waals surface area contributed by atoms with Crippen molar-refractivity contribution in [3.63, 3.8) is 0 Å². The van der Waals surface area contributed by atoms with Crippen molar-refractivity contribution in [1.82, 2.24) is 19.9 Å². The van der Waals surface area contributed by atoms with Crippen LogP contribution in [0.2, 0.25) is 0 Å². The summed E-state index contributed by atoms with van der Waals surface area (Å²) in [7, 11) is 0. The summed E-state index contributed by atoms with van der Waals surface area (Å²) >= 11 is 0. The van der Waals surface area contributed by atoms with E-state index in [0.717, 1.165) is 25.2 Å². The van der Waals surface area contributed by atoms with E-state index in [2.05, 4.69) is 25.2 Å². The molecule has 1 saturated heterocycles. The van der Waals surface area contributed by atoms with Gasteiger partial charge < -0.3 is 20.5 Å². The molecular formula is C22H24Cl2F2N6O3. The predicted octanol–water partition coefficient (Wildman–Crippen LogP) is 3.21. The second-order valence-corrected chi connectivity index (χ2v) is 7.25. The highest BCUT2D eigenvalue weighted by molar-refractivity contribution is 6.05. The van der Waals surface area contributed by atoms with Crippen LogP contribution in [0, 0.1) is 11.6 Å². The van der Waals surface area contributed by atoms with Gasteiger partial charge in [-0.3, -0.25) is 14.7 Å². The number of nitrogens with one attached hydrogen (secondary N) is 1. The van der Waals surface area contributed by atoms with E-state index < -0.39 is 17.5 Å². The van der Waals surface area contributed by atoms with E-state index in [0.29, 0.717) is 25.4 Å². The Labute approximate surface area is 212 Å². The van der Waals surface area contributed by atoms with Crippen LogP contribution >= 0.6 is 24.8 Å². The number of benzene rings is 1. The molecule has 0 saturated carbocycles. The molecule has 1 aliphatic rings. The van der Waals surface area contributed by atoms with Crippen molar-refractivity contribution in [2.75, 3.05) is 50.5 Å². The van der Waals surface area contributed by atoms with E-state index in [1.165, 1.54) is 12.4 Å². The van der Waals surface area contributed by atoms with Crippen molar-refractivity contribution in [3.05, 3.63) is 60.2 Å². The molecular weight excluding hydrogens is 505 g/mol. The molecule has 0 atom stereocenters. The molecule has 0 aliphatic carbocycles. The van der Waals surface area contributed by atoms with Gasteiger partial charge in [-0.1, -0.05) is 0 Å². The van der Waals surface area contributed by atoms with Gasteiger partial charge in [0.05, 0.1) is 37.0 Å². The van der Waals surface area contributed by atoms with Crippen LogP contribution in [-0.2, 0) is 4.74 Å². The maximum absolute atomic E-state index is 14.8. The minimum Gasteiger partial charge on any atom is -0.489 e. The van der Waals surface area contributed by atoms with Gasteiger partial charge in [-0.25, -0.2) is 18.7 Å². The van der Waals surface area contributed by atoms with Crippen molar-refractivity contribution in [2.24, 2.45) is 0 Å². The number of nitrogens with two attached hydrogens (primary N) is 1. The van der Waals surface area contributed by atoms with Crippen LogP contribution in [0.5, 0.6) is 5.75 Å². The van der Waals surface area contributed by atoms with Crippen molar-refractivity contribution >= 4 is 42.2 Å². The summed E-state index contributed by atoms with van der Waals surface area (Å²) in [6.45, 7) is 3.60. The lowest BCUT2D eigenvalue weighted by molar-refractivity contribution is 0.0320. The van der Waals surface area contributed by atoms with Gasteiger partial charge in [0.2, 0.25) is 0 Å². The molecule has 3 heterocycles. The molecule has 0 radical (unpaired) electrons. The van der Waals surface area contributed by atoms with E-state index in [-0.39, 0.29) is 59.9 Å². The smallest absolute Gasteiger partial charge is 0.278 e. The summed E-state index contributed by atoms with van der Waals surface area (Å²) < 4.78 is 40.1. The Balaban J connectivity index is 0.00000216. The van der Waals surface area contributed by atoms with Crippen LogP contribution in [0.25, 0.3) is 11.3 Å². The maximum Gasteiger partial charge on any atom is 0.278 e.